The topological polar surface area (TPSA) is 105 Å². The van der Waals surface area contributed by atoms with Gasteiger partial charge in [0.25, 0.3) is 0 Å². The summed E-state index contributed by atoms with van der Waals surface area (Å²) in [5.41, 5.74) is -0.781. The van der Waals surface area contributed by atoms with Crippen LogP contribution in [0.4, 0.5) is 0 Å². The van der Waals surface area contributed by atoms with Crippen LogP contribution < -0.4 is 5.32 Å². The molecule has 0 saturated heterocycles. The van der Waals surface area contributed by atoms with Crippen molar-refractivity contribution in [3.63, 3.8) is 0 Å². The van der Waals surface area contributed by atoms with Crippen LogP contribution in [0.3, 0.4) is 0 Å². The minimum Gasteiger partial charge on any atom is -0.396 e. The monoisotopic (exact) mass is 339 g/mol. The van der Waals surface area contributed by atoms with Crippen molar-refractivity contribution in [2.75, 3.05) is 19.8 Å². The molecule has 0 rings (SSSR count). The molecule has 2 atom stereocenters. The second kappa shape index (κ2) is 10.3. The summed E-state index contributed by atoms with van der Waals surface area (Å²) in [5, 5.41) is 12.0. The number of aliphatic hydroxyl groups is 1. The molecule has 1 amide bonds. The van der Waals surface area contributed by atoms with Crippen molar-refractivity contribution in [1.82, 2.24) is 5.32 Å². The average Bonchev–Trinajstić information content (AvgIpc) is 2.38. The van der Waals surface area contributed by atoms with Crippen LogP contribution in [0.1, 0.15) is 53.4 Å². The average molecular weight is 339 g/mol. The molecular weight excluding hydrogens is 309 g/mol. The number of carbonyl (C=O) groups is 1. The number of amides is 1. The zero-order valence-corrected chi connectivity index (χ0v) is 14.9. The van der Waals surface area contributed by atoms with E-state index in [1.807, 2.05) is 0 Å². The third kappa shape index (κ3) is 12.1. The zero-order valence-electron chi connectivity index (χ0n) is 14.0. The van der Waals surface area contributed by atoms with Crippen molar-refractivity contribution >= 4 is 13.7 Å². The van der Waals surface area contributed by atoms with Crippen LogP contribution in [0.25, 0.3) is 0 Å². The Morgan fingerprint density at radius 2 is 1.95 bits per heavy atom. The van der Waals surface area contributed by atoms with Crippen LogP contribution in [0.5, 0.6) is 0 Å². The first-order chi connectivity index (χ1) is 10.1. The van der Waals surface area contributed by atoms with E-state index in [1.54, 1.807) is 27.7 Å². The lowest BCUT2D eigenvalue weighted by Gasteiger charge is -2.24. The van der Waals surface area contributed by atoms with Gasteiger partial charge in [-0.1, -0.05) is 13.3 Å². The molecular formula is C14H30NO6P. The molecule has 7 nitrogen and oxygen atoms in total. The third-order valence-corrected chi connectivity index (χ3v) is 4.06. The fraction of sp³-hybridized carbons (Fsp3) is 0.929. The number of aliphatic hydroxyl groups excluding tert-OH is 1. The second-order valence-corrected chi connectivity index (χ2v) is 7.59. The maximum Gasteiger partial charge on any atom is 0.472 e. The van der Waals surface area contributed by atoms with Gasteiger partial charge in [-0.05, 0) is 33.6 Å². The SMILES string of the molecule is CCC(=O)NCCCCC(CO)COP(=O)(O)OC(C)(C)C. The van der Waals surface area contributed by atoms with Gasteiger partial charge in [-0.25, -0.2) is 4.57 Å². The van der Waals surface area contributed by atoms with Gasteiger partial charge in [-0.3, -0.25) is 13.8 Å². The van der Waals surface area contributed by atoms with Crippen LogP contribution >= 0.6 is 7.82 Å². The van der Waals surface area contributed by atoms with Crippen LogP contribution in [0.15, 0.2) is 0 Å². The summed E-state index contributed by atoms with van der Waals surface area (Å²) in [6.45, 7) is 7.20. The molecule has 132 valence electrons. The highest BCUT2D eigenvalue weighted by atomic mass is 31.2. The van der Waals surface area contributed by atoms with Gasteiger partial charge in [0.15, 0.2) is 0 Å². The van der Waals surface area contributed by atoms with Gasteiger partial charge in [-0.2, -0.15) is 0 Å². The van der Waals surface area contributed by atoms with Crippen molar-refractivity contribution in [3.8, 4) is 0 Å². The molecule has 0 aliphatic rings. The zero-order chi connectivity index (χ0) is 17.2. The predicted octanol–water partition coefficient (Wildman–Crippen LogP) is 2.22. The first-order valence-electron chi connectivity index (χ1n) is 7.65. The largest absolute Gasteiger partial charge is 0.472 e. The van der Waals surface area contributed by atoms with E-state index in [0.717, 1.165) is 12.8 Å². The van der Waals surface area contributed by atoms with Gasteiger partial charge in [0.05, 0.1) is 12.2 Å². The Balaban J connectivity index is 3.97. The van der Waals surface area contributed by atoms with Gasteiger partial charge in [0, 0.05) is 25.5 Å². The van der Waals surface area contributed by atoms with Crippen LogP contribution in [-0.2, 0) is 18.4 Å². The molecule has 0 aromatic rings. The highest BCUT2D eigenvalue weighted by Gasteiger charge is 2.29. The van der Waals surface area contributed by atoms with Gasteiger partial charge in [0.2, 0.25) is 5.91 Å². The van der Waals surface area contributed by atoms with Gasteiger partial charge >= 0.3 is 7.82 Å². The Labute approximate surface area is 133 Å². The van der Waals surface area contributed by atoms with E-state index < -0.39 is 13.4 Å². The summed E-state index contributed by atoms with van der Waals surface area (Å²) in [6.07, 6.45) is 2.69. The van der Waals surface area contributed by atoms with Gasteiger partial charge < -0.3 is 15.3 Å². The fourth-order valence-corrected chi connectivity index (χ4v) is 2.85. The second-order valence-electron chi connectivity index (χ2n) is 6.22. The Morgan fingerprint density at radius 3 is 2.45 bits per heavy atom. The number of hydrogen-bond acceptors (Lipinski definition) is 5. The molecule has 0 radical (unpaired) electrons. The number of phosphoric acid groups is 1. The molecule has 0 aliphatic heterocycles. The predicted molar refractivity (Wildman–Crippen MR) is 84.3 cm³/mol. The van der Waals surface area contributed by atoms with E-state index in [-0.39, 0.29) is 25.0 Å². The molecule has 0 heterocycles. The summed E-state index contributed by atoms with van der Waals surface area (Å²) < 4.78 is 21.6. The molecule has 3 N–H and O–H groups in total. The molecule has 0 aromatic carbocycles. The van der Waals surface area contributed by atoms with Gasteiger partial charge in [0.1, 0.15) is 0 Å². The molecule has 0 saturated carbocycles. The van der Waals surface area contributed by atoms with E-state index >= 15 is 0 Å². The lowest BCUT2D eigenvalue weighted by atomic mass is 10.0. The molecule has 0 bridgehead atoms. The van der Waals surface area contributed by atoms with Crippen molar-refractivity contribution < 1.29 is 28.4 Å². The normalized spacial score (nSPS) is 16.1. The number of hydrogen-bond donors (Lipinski definition) is 3. The number of carbonyl (C=O) groups excluding carboxylic acids is 1. The van der Waals surface area contributed by atoms with Crippen molar-refractivity contribution in [3.05, 3.63) is 0 Å². The first kappa shape index (κ1) is 21.5. The summed E-state index contributed by atoms with van der Waals surface area (Å²) in [4.78, 5) is 20.6. The lowest BCUT2D eigenvalue weighted by Crippen LogP contribution is -2.23. The quantitative estimate of drug-likeness (QED) is 0.394. The minimum absolute atomic E-state index is 0.0163. The number of rotatable bonds is 11. The van der Waals surface area contributed by atoms with Crippen LogP contribution in [-0.4, -0.2) is 41.3 Å². The first-order valence-corrected chi connectivity index (χ1v) is 9.15. The maximum absolute atomic E-state index is 11.7. The summed E-state index contributed by atoms with van der Waals surface area (Å²) >= 11 is 0. The summed E-state index contributed by atoms with van der Waals surface area (Å²) in [5.74, 6) is -0.214. The van der Waals surface area contributed by atoms with E-state index in [2.05, 4.69) is 5.32 Å². The Kier molecular flexibility index (Phi) is 10.1. The van der Waals surface area contributed by atoms with Crippen molar-refractivity contribution in [1.29, 1.82) is 0 Å². The number of phosphoric ester groups is 1. The minimum atomic E-state index is -4.11. The highest BCUT2D eigenvalue weighted by molar-refractivity contribution is 7.47. The highest BCUT2D eigenvalue weighted by Crippen LogP contribution is 2.47. The Bertz CT molecular complexity index is 369. The van der Waals surface area contributed by atoms with Crippen LogP contribution in [0.2, 0.25) is 0 Å². The molecule has 8 heteroatoms. The maximum atomic E-state index is 11.7. The summed E-state index contributed by atoms with van der Waals surface area (Å²) in [6, 6.07) is 0. The fourth-order valence-electron chi connectivity index (χ4n) is 1.71. The molecule has 0 fully saturated rings. The van der Waals surface area contributed by atoms with Gasteiger partial charge in [-0.15, -0.1) is 0 Å². The lowest BCUT2D eigenvalue weighted by molar-refractivity contribution is -0.120. The van der Waals surface area contributed by atoms with E-state index in [4.69, 9.17) is 9.05 Å². The van der Waals surface area contributed by atoms with Crippen LogP contribution in [0, 0.1) is 5.92 Å². The van der Waals surface area contributed by atoms with Crippen molar-refractivity contribution in [2.24, 2.45) is 5.92 Å². The Morgan fingerprint density at radius 1 is 1.32 bits per heavy atom. The Hall–Kier alpha value is -0.460. The standard InChI is InChI=1S/C14H30NO6P/c1-5-13(17)15-9-7-6-8-12(10-16)11-20-22(18,19)21-14(2,3)4/h12,16H,5-11H2,1-4H3,(H,15,17)(H,18,19). The molecule has 0 spiro atoms. The summed E-state index contributed by atoms with van der Waals surface area (Å²) in [7, 11) is -4.11. The van der Waals surface area contributed by atoms with E-state index in [9.17, 15) is 19.4 Å². The number of nitrogens with one attached hydrogen (secondary N) is 1. The molecule has 2 unspecified atom stereocenters. The number of unbranched alkanes of at least 4 members (excludes halogenated alkanes) is 1. The van der Waals surface area contributed by atoms with Crippen molar-refractivity contribution in [2.45, 2.75) is 59.0 Å². The third-order valence-electron chi connectivity index (χ3n) is 2.80. The molecule has 0 aromatic heterocycles. The van der Waals surface area contributed by atoms with E-state index in [1.165, 1.54) is 0 Å². The molecule has 22 heavy (non-hydrogen) atoms. The smallest absolute Gasteiger partial charge is 0.396 e. The van der Waals surface area contributed by atoms with E-state index in [0.29, 0.717) is 19.4 Å². The molecule has 0 aliphatic carbocycles.